The Morgan fingerprint density at radius 1 is 1.37 bits per heavy atom. The van der Waals surface area contributed by atoms with Gasteiger partial charge in [0.2, 0.25) is 0 Å². The molecule has 2 rings (SSSR count). The molecule has 3 N–H and O–H groups in total. The lowest BCUT2D eigenvalue weighted by molar-refractivity contribution is 0.0497. The van der Waals surface area contributed by atoms with Crippen LogP contribution in [0.3, 0.4) is 0 Å². The Hall–Kier alpha value is -1.10. The highest BCUT2D eigenvalue weighted by Crippen LogP contribution is 2.22. The van der Waals surface area contributed by atoms with E-state index < -0.39 is 0 Å². The maximum Gasteiger partial charge on any atom is 0.119 e. The molecule has 1 heterocycles. The number of hydrogen-bond acceptors (Lipinski definition) is 4. The lowest BCUT2D eigenvalue weighted by Gasteiger charge is -2.22. The van der Waals surface area contributed by atoms with Crippen molar-refractivity contribution in [3.8, 4) is 5.75 Å². The van der Waals surface area contributed by atoms with Gasteiger partial charge >= 0.3 is 0 Å². The van der Waals surface area contributed by atoms with Crippen molar-refractivity contribution in [2.75, 3.05) is 26.4 Å². The molecule has 1 aliphatic heterocycles. The number of hydrogen-bond donors (Lipinski definition) is 2. The fourth-order valence-electron chi connectivity index (χ4n) is 2.27. The maximum absolute atomic E-state index is 8.92. The molecule has 106 valence electrons. The summed E-state index contributed by atoms with van der Waals surface area (Å²) in [6.45, 7) is 2.53. The van der Waals surface area contributed by atoms with Crippen LogP contribution < -0.4 is 10.5 Å². The van der Waals surface area contributed by atoms with E-state index in [-0.39, 0.29) is 12.6 Å². The molecule has 1 aliphatic rings. The monoisotopic (exact) mass is 265 g/mol. The second-order valence-corrected chi connectivity index (χ2v) is 5.06. The molecule has 0 unspecified atom stereocenters. The van der Waals surface area contributed by atoms with Gasteiger partial charge in [-0.3, -0.25) is 0 Å². The standard InChI is InChI=1S/C15H23NO3/c16-15(4-7-17)13-2-1-3-14(10-13)19-11-12-5-8-18-9-6-12/h1-3,10,12,15,17H,4-9,11,16H2/t15-/m1/s1. The Bertz CT molecular complexity index is 377. The van der Waals surface area contributed by atoms with Crippen molar-refractivity contribution in [1.82, 2.24) is 0 Å². The predicted octanol–water partition coefficient (Wildman–Crippen LogP) is 1.87. The van der Waals surface area contributed by atoms with Crippen LogP contribution in [0.1, 0.15) is 30.9 Å². The molecule has 0 radical (unpaired) electrons. The molecular weight excluding hydrogens is 242 g/mol. The maximum atomic E-state index is 8.92. The molecule has 0 bridgehead atoms. The summed E-state index contributed by atoms with van der Waals surface area (Å²) in [5, 5.41) is 8.92. The largest absolute Gasteiger partial charge is 0.493 e. The fourth-order valence-corrected chi connectivity index (χ4v) is 2.27. The lowest BCUT2D eigenvalue weighted by atomic mass is 10.0. The van der Waals surface area contributed by atoms with Gasteiger partial charge in [-0.1, -0.05) is 12.1 Å². The van der Waals surface area contributed by atoms with E-state index in [0.29, 0.717) is 12.3 Å². The van der Waals surface area contributed by atoms with Gasteiger partial charge in [-0.2, -0.15) is 0 Å². The van der Waals surface area contributed by atoms with Crippen molar-refractivity contribution < 1.29 is 14.6 Å². The second-order valence-electron chi connectivity index (χ2n) is 5.06. The molecule has 0 saturated carbocycles. The molecular formula is C15H23NO3. The summed E-state index contributed by atoms with van der Waals surface area (Å²) in [6.07, 6.45) is 2.72. The van der Waals surface area contributed by atoms with Crippen molar-refractivity contribution in [2.45, 2.75) is 25.3 Å². The van der Waals surface area contributed by atoms with E-state index in [2.05, 4.69) is 0 Å². The van der Waals surface area contributed by atoms with Gasteiger partial charge < -0.3 is 20.3 Å². The first-order chi connectivity index (χ1) is 9.29. The van der Waals surface area contributed by atoms with Gasteiger partial charge in [0.15, 0.2) is 0 Å². The third-order valence-electron chi connectivity index (χ3n) is 3.55. The van der Waals surface area contributed by atoms with Gasteiger partial charge in [0.1, 0.15) is 5.75 Å². The zero-order valence-electron chi connectivity index (χ0n) is 11.3. The molecule has 19 heavy (non-hydrogen) atoms. The van der Waals surface area contributed by atoms with E-state index in [1.807, 2.05) is 24.3 Å². The average Bonchev–Trinajstić information content (AvgIpc) is 2.47. The molecule has 4 nitrogen and oxygen atoms in total. The Kier molecular flexibility index (Phi) is 5.63. The first kappa shape index (κ1) is 14.3. The third-order valence-corrected chi connectivity index (χ3v) is 3.55. The van der Waals surface area contributed by atoms with E-state index in [0.717, 1.165) is 44.0 Å². The highest BCUT2D eigenvalue weighted by Gasteiger charge is 2.14. The minimum Gasteiger partial charge on any atom is -0.493 e. The topological polar surface area (TPSA) is 64.7 Å². The van der Waals surface area contributed by atoms with Crippen molar-refractivity contribution in [1.29, 1.82) is 0 Å². The van der Waals surface area contributed by atoms with Gasteiger partial charge in [0.25, 0.3) is 0 Å². The minimum atomic E-state index is -0.128. The van der Waals surface area contributed by atoms with Crippen LogP contribution >= 0.6 is 0 Å². The van der Waals surface area contributed by atoms with Crippen molar-refractivity contribution >= 4 is 0 Å². The highest BCUT2D eigenvalue weighted by atomic mass is 16.5. The number of aliphatic hydroxyl groups excluding tert-OH is 1. The SMILES string of the molecule is N[C@H](CCO)c1cccc(OCC2CCOCC2)c1. The van der Waals surface area contributed by atoms with Crippen LogP contribution in [0, 0.1) is 5.92 Å². The van der Waals surface area contributed by atoms with Crippen LogP contribution in [0.2, 0.25) is 0 Å². The average molecular weight is 265 g/mol. The number of rotatable bonds is 6. The van der Waals surface area contributed by atoms with Gasteiger partial charge in [-0.15, -0.1) is 0 Å². The van der Waals surface area contributed by atoms with Gasteiger partial charge in [0, 0.05) is 25.9 Å². The quantitative estimate of drug-likeness (QED) is 0.824. The van der Waals surface area contributed by atoms with Gasteiger partial charge in [0.05, 0.1) is 6.61 Å². The fraction of sp³-hybridized carbons (Fsp3) is 0.600. The van der Waals surface area contributed by atoms with Gasteiger partial charge in [-0.05, 0) is 42.9 Å². The van der Waals surface area contributed by atoms with Crippen LogP contribution in [0.5, 0.6) is 5.75 Å². The Labute approximate surface area is 114 Å². The van der Waals surface area contributed by atoms with Crippen molar-refractivity contribution in [3.05, 3.63) is 29.8 Å². The molecule has 1 aromatic rings. The molecule has 1 atom stereocenters. The van der Waals surface area contributed by atoms with Crippen LogP contribution in [-0.4, -0.2) is 31.5 Å². The van der Waals surface area contributed by atoms with E-state index in [1.165, 1.54) is 0 Å². The summed E-state index contributed by atoms with van der Waals surface area (Å²) >= 11 is 0. The molecule has 0 amide bonds. The van der Waals surface area contributed by atoms with Crippen LogP contribution in [0.15, 0.2) is 24.3 Å². The van der Waals surface area contributed by atoms with E-state index in [4.69, 9.17) is 20.3 Å². The molecule has 4 heteroatoms. The molecule has 1 fully saturated rings. The van der Waals surface area contributed by atoms with Gasteiger partial charge in [-0.25, -0.2) is 0 Å². The summed E-state index contributed by atoms with van der Waals surface area (Å²) < 4.78 is 11.2. The first-order valence-electron chi connectivity index (χ1n) is 6.96. The Morgan fingerprint density at radius 2 is 2.16 bits per heavy atom. The normalized spacial score (nSPS) is 18.2. The molecule has 1 aromatic carbocycles. The van der Waals surface area contributed by atoms with E-state index in [9.17, 15) is 0 Å². The number of ether oxygens (including phenoxy) is 2. The number of nitrogens with two attached hydrogens (primary N) is 1. The zero-order chi connectivity index (χ0) is 13.5. The van der Waals surface area contributed by atoms with E-state index in [1.54, 1.807) is 0 Å². The van der Waals surface area contributed by atoms with E-state index >= 15 is 0 Å². The van der Waals surface area contributed by atoms with Crippen LogP contribution in [0.4, 0.5) is 0 Å². The molecule has 0 spiro atoms. The summed E-state index contributed by atoms with van der Waals surface area (Å²) in [5.74, 6) is 1.45. The molecule has 1 saturated heterocycles. The summed E-state index contributed by atoms with van der Waals surface area (Å²) in [4.78, 5) is 0. The van der Waals surface area contributed by atoms with Crippen LogP contribution in [-0.2, 0) is 4.74 Å². The summed E-state index contributed by atoms with van der Waals surface area (Å²) in [5.41, 5.74) is 6.99. The Balaban J connectivity index is 1.87. The first-order valence-corrected chi connectivity index (χ1v) is 6.96. The van der Waals surface area contributed by atoms with Crippen LogP contribution in [0.25, 0.3) is 0 Å². The van der Waals surface area contributed by atoms with Crippen molar-refractivity contribution in [3.63, 3.8) is 0 Å². The molecule has 0 aliphatic carbocycles. The number of benzene rings is 1. The highest BCUT2D eigenvalue weighted by molar-refractivity contribution is 5.30. The Morgan fingerprint density at radius 3 is 2.89 bits per heavy atom. The van der Waals surface area contributed by atoms with Crippen molar-refractivity contribution in [2.24, 2.45) is 11.7 Å². The summed E-state index contributed by atoms with van der Waals surface area (Å²) in [7, 11) is 0. The third kappa shape index (κ3) is 4.49. The smallest absolute Gasteiger partial charge is 0.119 e. The second kappa shape index (κ2) is 7.48. The summed E-state index contributed by atoms with van der Waals surface area (Å²) in [6, 6.07) is 7.72. The lowest BCUT2D eigenvalue weighted by Crippen LogP contribution is -2.21. The zero-order valence-corrected chi connectivity index (χ0v) is 11.3. The number of aliphatic hydroxyl groups is 1. The predicted molar refractivity (Wildman–Crippen MR) is 74.1 cm³/mol. The molecule has 0 aromatic heterocycles. The minimum absolute atomic E-state index is 0.105.